The van der Waals surface area contributed by atoms with E-state index in [1.54, 1.807) is 0 Å². The Balaban J connectivity index is 1.33. The second-order valence-corrected chi connectivity index (χ2v) is 6.08. The average Bonchev–Trinajstić information content (AvgIpc) is 3.29. The van der Waals surface area contributed by atoms with Crippen molar-refractivity contribution in [1.82, 2.24) is 15.2 Å². The van der Waals surface area contributed by atoms with Crippen LogP contribution in [-0.2, 0) is 6.42 Å². The smallest absolute Gasteiger partial charge is 0.0300 e. The normalized spacial score (nSPS) is 21.7. The highest BCUT2D eigenvalue weighted by Gasteiger charge is 2.24. The zero-order chi connectivity index (χ0) is 12.9. The Morgan fingerprint density at radius 3 is 2.74 bits per heavy atom. The monoisotopic (exact) mass is 259 g/mol. The minimum absolute atomic E-state index is 0.773. The van der Waals surface area contributed by atoms with Crippen LogP contribution in [0.4, 0.5) is 0 Å². The van der Waals surface area contributed by atoms with Gasteiger partial charge in [0.1, 0.15) is 0 Å². The van der Waals surface area contributed by atoms with Gasteiger partial charge in [-0.05, 0) is 69.3 Å². The highest BCUT2D eigenvalue weighted by molar-refractivity contribution is 5.08. The summed E-state index contributed by atoms with van der Waals surface area (Å²) in [6.45, 7) is 4.95. The molecular weight excluding hydrogens is 234 g/mol. The molecule has 1 aliphatic carbocycles. The van der Waals surface area contributed by atoms with E-state index in [0.717, 1.165) is 18.4 Å². The quantitative estimate of drug-likeness (QED) is 0.848. The topological polar surface area (TPSA) is 28.2 Å². The molecular formula is C16H25N3. The maximum absolute atomic E-state index is 4.18. The van der Waals surface area contributed by atoms with E-state index in [2.05, 4.69) is 21.3 Å². The Labute approximate surface area is 116 Å². The van der Waals surface area contributed by atoms with Crippen molar-refractivity contribution in [3.8, 4) is 0 Å². The van der Waals surface area contributed by atoms with Gasteiger partial charge in [-0.1, -0.05) is 6.07 Å². The van der Waals surface area contributed by atoms with Crippen molar-refractivity contribution in [3.05, 3.63) is 30.1 Å². The van der Waals surface area contributed by atoms with Crippen LogP contribution >= 0.6 is 0 Å². The third-order valence-corrected chi connectivity index (χ3v) is 4.42. The van der Waals surface area contributed by atoms with Gasteiger partial charge in [0, 0.05) is 25.0 Å². The predicted molar refractivity (Wildman–Crippen MR) is 78.1 cm³/mol. The summed E-state index contributed by atoms with van der Waals surface area (Å²) in [5, 5.41) is 3.74. The number of rotatable bonds is 6. The Hall–Kier alpha value is -0.930. The molecule has 3 rings (SSSR count). The summed E-state index contributed by atoms with van der Waals surface area (Å²) in [7, 11) is 0. The maximum Gasteiger partial charge on any atom is 0.0300 e. The summed E-state index contributed by atoms with van der Waals surface area (Å²) in [6.07, 6.45) is 10.5. The average molecular weight is 259 g/mol. The van der Waals surface area contributed by atoms with Gasteiger partial charge >= 0.3 is 0 Å². The van der Waals surface area contributed by atoms with Crippen LogP contribution in [0, 0.1) is 5.92 Å². The molecule has 0 radical (unpaired) electrons. The third-order valence-electron chi connectivity index (χ3n) is 4.42. The van der Waals surface area contributed by atoms with Gasteiger partial charge in [0.05, 0.1) is 0 Å². The molecule has 0 bridgehead atoms. The summed E-state index contributed by atoms with van der Waals surface area (Å²) in [5.41, 5.74) is 1.36. The molecule has 0 aromatic carbocycles. The van der Waals surface area contributed by atoms with Crippen LogP contribution in [0.25, 0.3) is 0 Å². The lowest BCUT2D eigenvalue weighted by Gasteiger charge is -2.32. The van der Waals surface area contributed by atoms with Crippen molar-refractivity contribution in [1.29, 1.82) is 0 Å². The first-order chi connectivity index (χ1) is 9.40. The Morgan fingerprint density at radius 1 is 1.21 bits per heavy atom. The van der Waals surface area contributed by atoms with Gasteiger partial charge in [-0.3, -0.25) is 4.98 Å². The van der Waals surface area contributed by atoms with E-state index in [1.165, 1.54) is 57.4 Å². The number of pyridine rings is 1. The van der Waals surface area contributed by atoms with Crippen LogP contribution in [0.5, 0.6) is 0 Å². The maximum atomic E-state index is 4.18. The standard InChI is InChI=1S/C16H25N3/c1-2-14(12-17-8-1)5-9-19-10-6-16(7-11-19)18-13-15-3-4-15/h1-2,8,12,15-16,18H,3-7,9-11,13H2. The van der Waals surface area contributed by atoms with Crippen LogP contribution in [-0.4, -0.2) is 42.1 Å². The van der Waals surface area contributed by atoms with Gasteiger partial charge in [-0.25, -0.2) is 0 Å². The third kappa shape index (κ3) is 4.29. The van der Waals surface area contributed by atoms with Crippen molar-refractivity contribution in [2.24, 2.45) is 5.92 Å². The fraction of sp³-hybridized carbons (Fsp3) is 0.688. The molecule has 1 aromatic rings. The van der Waals surface area contributed by atoms with Gasteiger partial charge < -0.3 is 10.2 Å². The van der Waals surface area contributed by atoms with Crippen LogP contribution in [0.15, 0.2) is 24.5 Å². The van der Waals surface area contributed by atoms with Crippen molar-refractivity contribution < 1.29 is 0 Å². The fourth-order valence-electron chi connectivity index (χ4n) is 2.85. The van der Waals surface area contributed by atoms with Gasteiger partial charge in [0.15, 0.2) is 0 Å². The highest BCUT2D eigenvalue weighted by Crippen LogP contribution is 2.28. The molecule has 1 aliphatic heterocycles. The van der Waals surface area contributed by atoms with Crippen LogP contribution in [0.3, 0.4) is 0 Å². The molecule has 104 valence electrons. The first-order valence-corrected chi connectivity index (χ1v) is 7.75. The van der Waals surface area contributed by atoms with E-state index in [1.807, 2.05) is 18.5 Å². The summed E-state index contributed by atoms with van der Waals surface area (Å²) in [6, 6.07) is 4.98. The second-order valence-electron chi connectivity index (χ2n) is 6.08. The number of hydrogen-bond donors (Lipinski definition) is 1. The Morgan fingerprint density at radius 2 is 2.05 bits per heavy atom. The first-order valence-electron chi connectivity index (χ1n) is 7.75. The molecule has 3 nitrogen and oxygen atoms in total. The lowest BCUT2D eigenvalue weighted by molar-refractivity contribution is 0.199. The molecule has 1 saturated carbocycles. The molecule has 1 N–H and O–H groups in total. The van der Waals surface area contributed by atoms with Crippen LogP contribution < -0.4 is 5.32 Å². The number of aromatic nitrogens is 1. The summed E-state index contributed by atoms with van der Waals surface area (Å²) in [5.74, 6) is 1.00. The summed E-state index contributed by atoms with van der Waals surface area (Å²) >= 11 is 0. The van der Waals surface area contributed by atoms with E-state index >= 15 is 0 Å². The largest absolute Gasteiger partial charge is 0.314 e. The molecule has 0 unspecified atom stereocenters. The fourth-order valence-corrected chi connectivity index (χ4v) is 2.85. The first kappa shape index (κ1) is 13.1. The minimum Gasteiger partial charge on any atom is -0.314 e. The predicted octanol–water partition coefficient (Wildman–Crippen LogP) is 2.09. The van der Waals surface area contributed by atoms with Crippen molar-refractivity contribution >= 4 is 0 Å². The number of piperidine rings is 1. The zero-order valence-corrected chi connectivity index (χ0v) is 11.7. The van der Waals surface area contributed by atoms with E-state index in [-0.39, 0.29) is 0 Å². The summed E-state index contributed by atoms with van der Waals surface area (Å²) < 4.78 is 0. The molecule has 1 aromatic heterocycles. The summed E-state index contributed by atoms with van der Waals surface area (Å²) in [4.78, 5) is 6.78. The molecule has 2 heterocycles. The molecule has 19 heavy (non-hydrogen) atoms. The van der Waals surface area contributed by atoms with E-state index in [9.17, 15) is 0 Å². The van der Waals surface area contributed by atoms with E-state index in [4.69, 9.17) is 0 Å². The Kier molecular flexibility index (Phi) is 4.46. The lowest BCUT2D eigenvalue weighted by Crippen LogP contribution is -2.43. The molecule has 2 aliphatic rings. The Bertz CT molecular complexity index is 367. The number of nitrogens with one attached hydrogen (secondary N) is 1. The van der Waals surface area contributed by atoms with Crippen molar-refractivity contribution in [3.63, 3.8) is 0 Å². The number of likely N-dealkylation sites (tertiary alicyclic amines) is 1. The highest BCUT2D eigenvalue weighted by atomic mass is 15.1. The zero-order valence-electron chi connectivity index (χ0n) is 11.7. The van der Waals surface area contributed by atoms with Crippen LogP contribution in [0.2, 0.25) is 0 Å². The molecule has 0 spiro atoms. The molecule has 3 heteroatoms. The molecule has 2 fully saturated rings. The SMILES string of the molecule is c1cncc(CCN2CCC(NCC3CC3)CC2)c1. The molecule has 0 atom stereocenters. The molecule has 0 amide bonds. The molecule has 1 saturated heterocycles. The van der Waals surface area contributed by atoms with Gasteiger partial charge in [0.2, 0.25) is 0 Å². The van der Waals surface area contributed by atoms with Gasteiger partial charge in [-0.15, -0.1) is 0 Å². The lowest BCUT2D eigenvalue weighted by atomic mass is 10.0. The number of hydrogen-bond acceptors (Lipinski definition) is 3. The van der Waals surface area contributed by atoms with E-state index in [0.29, 0.717) is 0 Å². The van der Waals surface area contributed by atoms with Gasteiger partial charge in [0.25, 0.3) is 0 Å². The van der Waals surface area contributed by atoms with Gasteiger partial charge in [-0.2, -0.15) is 0 Å². The number of nitrogens with zero attached hydrogens (tertiary/aromatic N) is 2. The minimum atomic E-state index is 0.773. The van der Waals surface area contributed by atoms with E-state index < -0.39 is 0 Å². The second kappa shape index (κ2) is 6.49. The van der Waals surface area contributed by atoms with Crippen molar-refractivity contribution in [2.45, 2.75) is 38.1 Å². The van der Waals surface area contributed by atoms with Crippen LogP contribution in [0.1, 0.15) is 31.2 Å². The van der Waals surface area contributed by atoms with Crippen molar-refractivity contribution in [2.75, 3.05) is 26.2 Å².